The molecule has 6 nitrogen and oxygen atoms in total. The minimum atomic E-state index is -0.526. The molecule has 0 bridgehead atoms. The van der Waals surface area contributed by atoms with Crippen LogP contribution < -0.4 is 4.74 Å². The molecule has 154 valence electrons. The van der Waals surface area contributed by atoms with Gasteiger partial charge in [0.25, 0.3) is 0 Å². The maximum absolute atomic E-state index is 10.8. The van der Waals surface area contributed by atoms with Gasteiger partial charge in [-0.25, -0.2) is 0 Å². The van der Waals surface area contributed by atoms with E-state index >= 15 is 0 Å². The van der Waals surface area contributed by atoms with E-state index in [0.29, 0.717) is 12.6 Å². The summed E-state index contributed by atoms with van der Waals surface area (Å²) < 4.78 is 8.33. The molecule has 0 radical (unpaired) electrons. The van der Waals surface area contributed by atoms with Gasteiger partial charge < -0.3 is 9.84 Å². The molecular formula is C23H30N4O2. The third-order valence-electron chi connectivity index (χ3n) is 5.87. The lowest BCUT2D eigenvalue weighted by molar-refractivity contribution is -0.0269. The van der Waals surface area contributed by atoms with Crippen molar-refractivity contribution < 1.29 is 9.84 Å². The largest absolute Gasteiger partial charge is 0.487 e. The van der Waals surface area contributed by atoms with E-state index in [0.717, 1.165) is 41.7 Å². The zero-order valence-electron chi connectivity index (χ0n) is 17.7. The fraction of sp³-hybridized carbons (Fsp3) is 0.478. The van der Waals surface area contributed by atoms with E-state index in [-0.39, 0.29) is 6.10 Å². The van der Waals surface area contributed by atoms with Gasteiger partial charge in [0, 0.05) is 60.1 Å². The highest BCUT2D eigenvalue weighted by atomic mass is 16.5. The minimum Gasteiger partial charge on any atom is -0.487 e. The van der Waals surface area contributed by atoms with Crippen molar-refractivity contribution in [1.82, 2.24) is 19.7 Å². The van der Waals surface area contributed by atoms with Crippen molar-refractivity contribution >= 4 is 10.8 Å². The molecule has 1 aliphatic heterocycles. The summed E-state index contributed by atoms with van der Waals surface area (Å²) in [6.45, 7) is 10.8. The average Bonchev–Trinajstić information content (AvgIpc) is 2.99. The third-order valence-corrected chi connectivity index (χ3v) is 5.87. The predicted molar refractivity (Wildman–Crippen MR) is 114 cm³/mol. The summed E-state index contributed by atoms with van der Waals surface area (Å²) in [7, 11) is 0. The van der Waals surface area contributed by atoms with Crippen LogP contribution in [0.4, 0.5) is 0 Å². The number of fused-ring (bicyclic) bond motifs is 1. The van der Waals surface area contributed by atoms with Gasteiger partial charge in [0.2, 0.25) is 0 Å². The Kier molecular flexibility index (Phi) is 5.56. The number of likely N-dealkylation sites (tertiary alicyclic amines) is 1. The van der Waals surface area contributed by atoms with Gasteiger partial charge in [0.1, 0.15) is 18.0 Å². The first kappa shape index (κ1) is 19.9. The van der Waals surface area contributed by atoms with Crippen molar-refractivity contribution in [2.75, 3.05) is 13.1 Å². The molecule has 1 aromatic carbocycles. The van der Waals surface area contributed by atoms with Crippen LogP contribution in [0.1, 0.15) is 43.3 Å². The fourth-order valence-corrected chi connectivity index (χ4v) is 4.27. The second kappa shape index (κ2) is 8.13. The third kappa shape index (κ3) is 4.00. The Bertz CT molecular complexity index is 992. The van der Waals surface area contributed by atoms with Gasteiger partial charge in [0.15, 0.2) is 0 Å². The van der Waals surface area contributed by atoms with Crippen LogP contribution in [0.5, 0.6) is 5.75 Å². The molecule has 6 heteroatoms. The first-order chi connectivity index (χ1) is 13.9. The van der Waals surface area contributed by atoms with Crippen LogP contribution in [0.3, 0.4) is 0 Å². The van der Waals surface area contributed by atoms with E-state index in [1.165, 1.54) is 11.3 Å². The SMILES string of the molecule is Cc1nn(C(C)C)c(C)c1CN1CC[C@@H](Oc2cccc3cnccc23)[C@H](O)C1. The number of aryl methyl sites for hydroxylation is 1. The maximum atomic E-state index is 10.8. The summed E-state index contributed by atoms with van der Waals surface area (Å²) in [5.74, 6) is 0.812. The Morgan fingerprint density at radius 3 is 2.79 bits per heavy atom. The van der Waals surface area contributed by atoms with E-state index in [4.69, 9.17) is 9.84 Å². The normalized spacial score (nSPS) is 20.5. The number of aromatic nitrogens is 3. The molecule has 0 aliphatic carbocycles. The Labute approximate surface area is 172 Å². The maximum Gasteiger partial charge on any atom is 0.127 e. The van der Waals surface area contributed by atoms with E-state index in [1.807, 2.05) is 30.5 Å². The summed E-state index contributed by atoms with van der Waals surface area (Å²) in [6.07, 6.45) is 3.67. The number of nitrogens with zero attached hydrogens (tertiary/aromatic N) is 4. The Morgan fingerprint density at radius 2 is 2.07 bits per heavy atom. The molecule has 3 heterocycles. The van der Waals surface area contributed by atoms with E-state index in [9.17, 15) is 5.11 Å². The van der Waals surface area contributed by atoms with Crippen LogP contribution >= 0.6 is 0 Å². The molecule has 2 atom stereocenters. The fourth-order valence-electron chi connectivity index (χ4n) is 4.27. The first-order valence-electron chi connectivity index (χ1n) is 10.4. The zero-order chi connectivity index (χ0) is 20.5. The number of benzene rings is 1. The molecule has 0 spiro atoms. The van der Waals surface area contributed by atoms with Crippen molar-refractivity contribution in [3.8, 4) is 5.75 Å². The highest BCUT2D eigenvalue weighted by Crippen LogP contribution is 2.28. The second-order valence-corrected chi connectivity index (χ2v) is 8.29. The number of piperidine rings is 1. The van der Waals surface area contributed by atoms with Crippen molar-refractivity contribution in [2.45, 2.75) is 58.9 Å². The van der Waals surface area contributed by atoms with Gasteiger partial charge in [-0.2, -0.15) is 5.10 Å². The van der Waals surface area contributed by atoms with E-state index < -0.39 is 6.10 Å². The van der Waals surface area contributed by atoms with Gasteiger partial charge in [-0.05, 0) is 46.2 Å². The van der Waals surface area contributed by atoms with Gasteiger partial charge in [-0.15, -0.1) is 0 Å². The molecule has 1 saturated heterocycles. The number of β-amino-alcohol motifs (C(OH)–C–C–N with tert-alkyl or cyclic N) is 1. The van der Waals surface area contributed by atoms with E-state index in [1.54, 1.807) is 6.20 Å². The molecule has 29 heavy (non-hydrogen) atoms. The highest BCUT2D eigenvalue weighted by Gasteiger charge is 2.30. The van der Waals surface area contributed by atoms with E-state index in [2.05, 4.69) is 42.3 Å². The summed E-state index contributed by atoms with van der Waals surface area (Å²) >= 11 is 0. The van der Waals surface area contributed by atoms with Crippen LogP contribution in [-0.4, -0.2) is 50.1 Å². The molecule has 0 saturated carbocycles. The number of rotatable bonds is 5. The summed E-state index contributed by atoms with van der Waals surface area (Å²) in [5.41, 5.74) is 3.56. The minimum absolute atomic E-state index is 0.203. The Hall–Kier alpha value is -2.44. The molecule has 2 aromatic heterocycles. The quantitative estimate of drug-likeness (QED) is 0.716. The van der Waals surface area contributed by atoms with Crippen LogP contribution in [0, 0.1) is 13.8 Å². The standard InChI is InChI=1S/C23H30N4O2/c1-15(2)27-17(4)20(16(3)25-27)13-26-11-9-23(21(28)14-26)29-22-7-5-6-18-12-24-10-8-19(18)22/h5-8,10,12,15,21,23,28H,9,11,13-14H2,1-4H3/t21-,23-/m1/s1. The molecule has 1 fully saturated rings. The van der Waals surface area contributed by atoms with Gasteiger partial charge in [-0.1, -0.05) is 12.1 Å². The van der Waals surface area contributed by atoms with Crippen LogP contribution in [-0.2, 0) is 6.54 Å². The zero-order valence-corrected chi connectivity index (χ0v) is 17.7. The molecule has 3 aromatic rings. The van der Waals surface area contributed by atoms with Crippen molar-refractivity contribution in [3.63, 3.8) is 0 Å². The van der Waals surface area contributed by atoms with Crippen molar-refractivity contribution in [1.29, 1.82) is 0 Å². The number of ether oxygens (including phenoxy) is 1. The monoisotopic (exact) mass is 394 g/mol. The molecule has 0 amide bonds. The molecular weight excluding hydrogens is 364 g/mol. The number of aliphatic hydroxyl groups excluding tert-OH is 1. The summed E-state index contributed by atoms with van der Waals surface area (Å²) in [6, 6.07) is 8.27. The Morgan fingerprint density at radius 1 is 1.24 bits per heavy atom. The topological polar surface area (TPSA) is 63.4 Å². The lowest BCUT2D eigenvalue weighted by Crippen LogP contribution is -2.48. The smallest absolute Gasteiger partial charge is 0.127 e. The number of aliphatic hydroxyl groups is 1. The summed E-state index contributed by atoms with van der Waals surface area (Å²) in [5, 5.41) is 17.6. The highest BCUT2D eigenvalue weighted by molar-refractivity contribution is 5.87. The van der Waals surface area contributed by atoms with Gasteiger partial charge >= 0.3 is 0 Å². The molecule has 1 aliphatic rings. The van der Waals surface area contributed by atoms with Crippen LogP contribution in [0.25, 0.3) is 10.8 Å². The average molecular weight is 395 g/mol. The van der Waals surface area contributed by atoms with Crippen LogP contribution in [0.2, 0.25) is 0 Å². The number of pyridine rings is 1. The number of hydrogen-bond acceptors (Lipinski definition) is 5. The Balaban J connectivity index is 1.44. The lowest BCUT2D eigenvalue weighted by atomic mass is 10.0. The van der Waals surface area contributed by atoms with Crippen molar-refractivity contribution in [2.24, 2.45) is 0 Å². The van der Waals surface area contributed by atoms with Gasteiger partial charge in [0.05, 0.1) is 5.69 Å². The molecule has 0 unspecified atom stereocenters. The first-order valence-corrected chi connectivity index (χ1v) is 10.4. The molecule has 4 rings (SSSR count). The second-order valence-electron chi connectivity index (χ2n) is 8.29. The van der Waals surface area contributed by atoms with Crippen LogP contribution in [0.15, 0.2) is 36.7 Å². The van der Waals surface area contributed by atoms with Gasteiger partial charge in [-0.3, -0.25) is 14.6 Å². The van der Waals surface area contributed by atoms with Crippen molar-refractivity contribution in [3.05, 3.63) is 53.6 Å². The molecule has 1 N–H and O–H groups in total. The summed E-state index contributed by atoms with van der Waals surface area (Å²) in [4.78, 5) is 6.48. The number of hydrogen-bond donors (Lipinski definition) is 1. The predicted octanol–water partition coefficient (Wildman–Crippen LogP) is 3.64. The lowest BCUT2D eigenvalue weighted by Gasteiger charge is -2.36.